The largest absolute Gasteiger partial charge is 0.378 e. The second kappa shape index (κ2) is 6.37. The summed E-state index contributed by atoms with van der Waals surface area (Å²) in [5.74, 6) is 0. The Morgan fingerprint density at radius 1 is 1.24 bits per heavy atom. The molecule has 2 rings (SSSR count). The number of nitrogens with zero attached hydrogens (tertiary/aromatic N) is 1. The summed E-state index contributed by atoms with van der Waals surface area (Å²) < 4.78 is 27.7. The van der Waals surface area contributed by atoms with E-state index >= 15 is 0 Å². The number of hydrogen-bond donors (Lipinski definition) is 2. The lowest BCUT2D eigenvalue weighted by atomic mass is 10.3. The third-order valence-corrected chi connectivity index (χ3v) is 4.36. The zero-order chi connectivity index (χ0) is 15.6. The van der Waals surface area contributed by atoms with Gasteiger partial charge in [0.25, 0.3) is 0 Å². The van der Waals surface area contributed by atoms with E-state index in [4.69, 9.17) is 33.1 Å². The summed E-state index contributed by atoms with van der Waals surface area (Å²) in [6.07, 6.45) is 0. The lowest BCUT2D eigenvalue weighted by Crippen LogP contribution is -2.43. The predicted octanol–water partition coefficient (Wildman–Crippen LogP) is 1.50. The van der Waals surface area contributed by atoms with E-state index in [1.807, 2.05) is 0 Å². The maximum absolute atomic E-state index is 12.1. The number of anilines is 1. The normalized spacial score (nSPS) is 15.9. The first-order valence-corrected chi connectivity index (χ1v) is 8.25. The first kappa shape index (κ1) is 16.3. The van der Waals surface area contributed by atoms with Crippen LogP contribution in [-0.2, 0) is 14.8 Å². The Kier molecular flexibility index (Phi) is 4.95. The van der Waals surface area contributed by atoms with Crippen LogP contribution in [0.25, 0.3) is 0 Å². The minimum atomic E-state index is -3.92. The van der Waals surface area contributed by atoms with Gasteiger partial charge in [0.2, 0.25) is 10.0 Å². The van der Waals surface area contributed by atoms with Gasteiger partial charge >= 0.3 is 6.03 Å². The molecule has 1 aliphatic rings. The fraction of sp³-hybridized carbons (Fsp3) is 0.364. The molecule has 0 aromatic heterocycles. The maximum Gasteiger partial charge on any atom is 0.322 e. The van der Waals surface area contributed by atoms with Crippen molar-refractivity contribution in [2.75, 3.05) is 31.6 Å². The van der Waals surface area contributed by atoms with Gasteiger partial charge in [-0.3, -0.25) is 0 Å². The fourth-order valence-electron chi connectivity index (χ4n) is 1.79. The molecule has 116 valence electrons. The van der Waals surface area contributed by atoms with E-state index in [9.17, 15) is 13.2 Å². The molecule has 0 atom stereocenters. The Balaban J connectivity index is 2.22. The molecule has 1 aliphatic heterocycles. The Morgan fingerprint density at radius 2 is 1.76 bits per heavy atom. The van der Waals surface area contributed by atoms with Crippen LogP contribution in [0.15, 0.2) is 17.0 Å². The van der Waals surface area contributed by atoms with Crippen molar-refractivity contribution >= 4 is 44.9 Å². The van der Waals surface area contributed by atoms with E-state index in [-0.39, 0.29) is 26.7 Å². The highest BCUT2D eigenvalue weighted by Gasteiger charge is 2.20. The number of rotatable bonds is 2. The molecule has 1 fully saturated rings. The molecule has 0 bridgehead atoms. The van der Waals surface area contributed by atoms with Crippen LogP contribution in [0.3, 0.4) is 0 Å². The van der Waals surface area contributed by atoms with E-state index in [0.717, 1.165) is 12.1 Å². The van der Waals surface area contributed by atoms with E-state index in [1.54, 1.807) is 4.90 Å². The summed E-state index contributed by atoms with van der Waals surface area (Å²) in [5.41, 5.74) is 0.141. The number of amides is 2. The van der Waals surface area contributed by atoms with Crippen LogP contribution < -0.4 is 10.5 Å². The monoisotopic (exact) mass is 353 g/mol. The van der Waals surface area contributed by atoms with Crippen molar-refractivity contribution in [1.82, 2.24) is 4.90 Å². The summed E-state index contributed by atoms with van der Waals surface area (Å²) in [6.45, 7) is 1.82. The van der Waals surface area contributed by atoms with E-state index in [0.29, 0.717) is 26.3 Å². The second-order valence-electron chi connectivity index (χ2n) is 4.34. The van der Waals surface area contributed by atoms with E-state index in [1.165, 1.54) is 0 Å². The minimum Gasteiger partial charge on any atom is -0.378 e. The van der Waals surface area contributed by atoms with Crippen LogP contribution in [0.5, 0.6) is 0 Å². The number of sulfonamides is 1. The standard InChI is InChI=1S/C11H13Cl2N3O4S/c12-8-5-7(21(14,18)19)6-9(13)10(8)15-11(17)16-1-3-20-4-2-16/h5-6H,1-4H2,(H,15,17)(H2,14,18,19). The van der Waals surface area contributed by atoms with Gasteiger partial charge < -0.3 is 15.0 Å². The summed E-state index contributed by atoms with van der Waals surface area (Å²) in [5, 5.41) is 7.55. The summed E-state index contributed by atoms with van der Waals surface area (Å²) in [6, 6.07) is 1.89. The van der Waals surface area contributed by atoms with Gasteiger partial charge in [0, 0.05) is 13.1 Å². The highest BCUT2D eigenvalue weighted by atomic mass is 35.5. The van der Waals surface area contributed by atoms with Gasteiger partial charge in [-0.05, 0) is 12.1 Å². The van der Waals surface area contributed by atoms with Crippen LogP contribution in [0.4, 0.5) is 10.5 Å². The molecular formula is C11H13Cl2N3O4S. The predicted molar refractivity (Wildman–Crippen MR) is 79.2 cm³/mol. The molecule has 1 heterocycles. The van der Waals surface area contributed by atoms with Crippen LogP contribution in [0.1, 0.15) is 0 Å². The molecule has 21 heavy (non-hydrogen) atoms. The molecule has 0 unspecified atom stereocenters. The van der Waals surface area contributed by atoms with Crippen molar-refractivity contribution in [3.8, 4) is 0 Å². The Morgan fingerprint density at radius 3 is 2.24 bits per heavy atom. The Labute approximate surface area is 132 Å². The Bertz CT molecular complexity index is 636. The number of hydrogen-bond acceptors (Lipinski definition) is 4. The summed E-state index contributed by atoms with van der Waals surface area (Å²) in [4.78, 5) is 13.4. The van der Waals surface area contributed by atoms with Gasteiger partial charge in [0.05, 0.1) is 33.8 Å². The van der Waals surface area contributed by atoms with Crippen molar-refractivity contribution in [2.24, 2.45) is 5.14 Å². The van der Waals surface area contributed by atoms with Crippen molar-refractivity contribution in [2.45, 2.75) is 4.90 Å². The Hall–Kier alpha value is -1.06. The number of benzene rings is 1. The molecule has 0 aliphatic carbocycles. The average molecular weight is 354 g/mol. The van der Waals surface area contributed by atoms with Crippen LogP contribution in [-0.4, -0.2) is 45.7 Å². The zero-order valence-electron chi connectivity index (χ0n) is 10.8. The molecule has 2 amide bonds. The molecule has 3 N–H and O–H groups in total. The van der Waals surface area contributed by atoms with Gasteiger partial charge in [-0.15, -0.1) is 0 Å². The van der Waals surface area contributed by atoms with Crippen molar-refractivity contribution in [1.29, 1.82) is 0 Å². The third kappa shape index (κ3) is 3.98. The number of nitrogens with two attached hydrogens (primary N) is 1. The first-order valence-electron chi connectivity index (χ1n) is 5.94. The molecule has 7 nitrogen and oxygen atoms in total. The van der Waals surface area contributed by atoms with Crippen molar-refractivity contribution in [3.05, 3.63) is 22.2 Å². The third-order valence-electron chi connectivity index (χ3n) is 2.87. The van der Waals surface area contributed by atoms with Gasteiger partial charge in [0.15, 0.2) is 0 Å². The number of urea groups is 1. The molecule has 0 saturated carbocycles. The van der Waals surface area contributed by atoms with Gasteiger partial charge in [0.1, 0.15) is 0 Å². The number of primary sulfonamides is 1. The van der Waals surface area contributed by atoms with Crippen LogP contribution in [0.2, 0.25) is 10.0 Å². The number of nitrogens with one attached hydrogen (secondary N) is 1. The van der Waals surface area contributed by atoms with Crippen molar-refractivity contribution in [3.63, 3.8) is 0 Å². The molecule has 1 saturated heterocycles. The number of carbonyl (C=O) groups is 1. The van der Waals surface area contributed by atoms with E-state index in [2.05, 4.69) is 5.32 Å². The fourth-order valence-corrected chi connectivity index (χ4v) is 3.06. The summed E-state index contributed by atoms with van der Waals surface area (Å²) in [7, 11) is -3.92. The quantitative estimate of drug-likeness (QED) is 0.840. The molecule has 1 aromatic carbocycles. The topological polar surface area (TPSA) is 102 Å². The highest BCUT2D eigenvalue weighted by molar-refractivity contribution is 7.89. The number of halogens is 2. The lowest BCUT2D eigenvalue weighted by molar-refractivity contribution is 0.0564. The van der Waals surface area contributed by atoms with Crippen LogP contribution in [0, 0.1) is 0 Å². The number of ether oxygens (including phenoxy) is 1. The summed E-state index contributed by atoms with van der Waals surface area (Å²) >= 11 is 11.9. The lowest BCUT2D eigenvalue weighted by Gasteiger charge is -2.27. The highest BCUT2D eigenvalue weighted by Crippen LogP contribution is 2.33. The SMILES string of the molecule is NS(=O)(=O)c1cc(Cl)c(NC(=O)N2CCOCC2)c(Cl)c1. The van der Waals surface area contributed by atoms with Gasteiger partial charge in [-0.25, -0.2) is 18.4 Å². The van der Waals surface area contributed by atoms with Crippen molar-refractivity contribution < 1.29 is 17.9 Å². The molecule has 0 spiro atoms. The molecule has 0 radical (unpaired) electrons. The molecule has 1 aromatic rings. The zero-order valence-corrected chi connectivity index (χ0v) is 13.1. The minimum absolute atomic E-state index is 0.00636. The van der Waals surface area contributed by atoms with E-state index < -0.39 is 10.0 Å². The van der Waals surface area contributed by atoms with Crippen LogP contribution >= 0.6 is 23.2 Å². The molecule has 10 heteroatoms. The number of morpholine rings is 1. The second-order valence-corrected chi connectivity index (χ2v) is 6.71. The first-order chi connectivity index (χ1) is 9.79. The number of carbonyl (C=O) groups excluding carboxylic acids is 1. The van der Waals surface area contributed by atoms with Gasteiger partial charge in [-0.1, -0.05) is 23.2 Å². The maximum atomic E-state index is 12.1. The smallest absolute Gasteiger partial charge is 0.322 e. The average Bonchev–Trinajstić information content (AvgIpc) is 2.42. The van der Waals surface area contributed by atoms with Gasteiger partial charge in [-0.2, -0.15) is 0 Å². The molecular weight excluding hydrogens is 341 g/mol.